The second kappa shape index (κ2) is 10.8. The number of carbonyl (C=O) groups is 3. The Balaban J connectivity index is 2.11. The number of hydrazine groups is 1. The van der Waals surface area contributed by atoms with Crippen molar-refractivity contribution in [1.29, 1.82) is 0 Å². The van der Waals surface area contributed by atoms with Gasteiger partial charge in [-0.15, -0.1) is 0 Å². The van der Waals surface area contributed by atoms with Gasteiger partial charge in [-0.3, -0.25) is 23.7 Å². The Morgan fingerprint density at radius 1 is 1.03 bits per heavy atom. The van der Waals surface area contributed by atoms with Crippen LogP contribution in [0.3, 0.4) is 0 Å². The minimum absolute atomic E-state index is 0.0556. The predicted molar refractivity (Wildman–Crippen MR) is 134 cm³/mol. The van der Waals surface area contributed by atoms with Crippen LogP contribution in [-0.4, -0.2) is 42.0 Å². The number of rotatable bonds is 6. The lowest BCUT2D eigenvalue weighted by Gasteiger charge is -2.19. The lowest BCUT2D eigenvalue weighted by Crippen LogP contribution is -2.43. The number of imide groups is 1. The maximum atomic E-state index is 13.4. The van der Waals surface area contributed by atoms with Crippen molar-refractivity contribution in [2.24, 2.45) is 5.84 Å². The highest BCUT2D eigenvalue weighted by atomic mass is 32.2. The number of amides is 3. The molecule has 3 aromatic rings. The molecule has 3 N–H and O–H groups in total. The molecule has 0 atom stereocenters. The molecule has 0 aliphatic carbocycles. The second-order valence-electron chi connectivity index (χ2n) is 8.54. The van der Waals surface area contributed by atoms with E-state index in [9.17, 15) is 40.8 Å². The molecular weight excluding hydrogens is 541 g/mol. The van der Waals surface area contributed by atoms with Gasteiger partial charge < -0.3 is 5.32 Å². The van der Waals surface area contributed by atoms with Gasteiger partial charge in [-0.1, -0.05) is 18.2 Å². The Labute approximate surface area is 220 Å². The average molecular weight is 565 g/mol. The highest BCUT2D eigenvalue weighted by molar-refractivity contribution is 7.90. The molecule has 39 heavy (non-hydrogen) atoms. The Bertz CT molecular complexity index is 1630. The number of nitrogens with two attached hydrogens (primary N) is 1. The summed E-state index contributed by atoms with van der Waals surface area (Å²) in [6, 6.07) is 10.2. The summed E-state index contributed by atoms with van der Waals surface area (Å²) in [6.45, 7) is 2.10. The molecule has 3 amide bonds. The summed E-state index contributed by atoms with van der Waals surface area (Å²) >= 11 is 0. The van der Waals surface area contributed by atoms with Crippen molar-refractivity contribution in [2.75, 3.05) is 6.26 Å². The number of nitrogens with zero attached hydrogens (tertiary/aromatic N) is 2. The first kappa shape index (κ1) is 29.3. The van der Waals surface area contributed by atoms with Crippen LogP contribution in [0.4, 0.5) is 13.2 Å². The molecule has 3 rings (SSSR count). The zero-order valence-corrected chi connectivity index (χ0v) is 21.7. The molecule has 0 fully saturated rings. The summed E-state index contributed by atoms with van der Waals surface area (Å²) in [5.74, 6) is 2.60. The number of nitrogens with one attached hydrogen (secondary N) is 1. The van der Waals surface area contributed by atoms with Crippen LogP contribution in [-0.2, 0) is 27.4 Å². The first-order chi connectivity index (χ1) is 18.0. The molecule has 0 aliphatic rings. The minimum Gasteiger partial charge on any atom is -0.348 e. The molecule has 0 aliphatic heterocycles. The molecule has 10 nitrogen and oxygen atoms in total. The van der Waals surface area contributed by atoms with Crippen LogP contribution in [0.1, 0.15) is 44.5 Å². The monoisotopic (exact) mass is 564 g/mol. The van der Waals surface area contributed by atoms with E-state index in [0.717, 1.165) is 35.9 Å². The molecule has 0 saturated heterocycles. The van der Waals surface area contributed by atoms with Gasteiger partial charge in [0.2, 0.25) is 5.91 Å². The van der Waals surface area contributed by atoms with E-state index in [1.807, 2.05) is 0 Å². The van der Waals surface area contributed by atoms with E-state index >= 15 is 0 Å². The number of hydrogen-bond acceptors (Lipinski definition) is 7. The summed E-state index contributed by atoms with van der Waals surface area (Å²) in [6.07, 6.45) is -3.71. The maximum Gasteiger partial charge on any atom is 0.416 e. The van der Waals surface area contributed by atoms with Crippen LogP contribution in [0.5, 0.6) is 0 Å². The third-order valence-electron chi connectivity index (χ3n) is 5.72. The zero-order chi connectivity index (χ0) is 29.3. The number of pyridine rings is 1. The lowest BCUT2D eigenvalue weighted by atomic mass is 10.1. The summed E-state index contributed by atoms with van der Waals surface area (Å²) in [5, 5.41) is 2.71. The smallest absolute Gasteiger partial charge is 0.348 e. The number of sulfone groups is 1. The SMILES string of the molecule is CC(=O)N(N)C(=O)c1cc(C(=O)NCc2ccc(S(C)(=O)=O)cc2)c(=O)n(-c2cccc(C(F)(F)F)c2)c1C. The third-order valence-corrected chi connectivity index (χ3v) is 6.85. The largest absolute Gasteiger partial charge is 0.416 e. The van der Waals surface area contributed by atoms with E-state index in [4.69, 9.17) is 5.84 Å². The summed E-state index contributed by atoms with van der Waals surface area (Å²) in [7, 11) is -3.45. The minimum atomic E-state index is -4.74. The lowest BCUT2D eigenvalue weighted by molar-refractivity contribution is -0.137. The normalized spacial score (nSPS) is 11.7. The van der Waals surface area contributed by atoms with Gasteiger partial charge >= 0.3 is 6.18 Å². The third kappa shape index (κ3) is 6.41. The van der Waals surface area contributed by atoms with E-state index in [1.165, 1.54) is 37.3 Å². The van der Waals surface area contributed by atoms with E-state index in [0.29, 0.717) is 11.6 Å². The summed E-state index contributed by atoms with van der Waals surface area (Å²) in [4.78, 5) is 51.0. The first-order valence-corrected chi connectivity index (χ1v) is 13.0. The Morgan fingerprint density at radius 3 is 2.18 bits per heavy atom. The first-order valence-electron chi connectivity index (χ1n) is 11.1. The van der Waals surface area contributed by atoms with Gasteiger partial charge in [0.1, 0.15) is 5.56 Å². The molecule has 0 unspecified atom stereocenters. The quantitative estimate of drug-likeness (QED) is 0.265. The molecule has 0 bridgehead atoms. The molecular formula is C25H23F3N4O6S. The Hall–Kier alpha value is -4.30. The zero-order valence-electron chi connectivity index (χ0n) is 20.9. The highest BCUT2D eigenvalue weighted by Crippen LogP contribution is 2.30. The topological polar surface area (TPSA) is 149 Å². The highest BCUT2D eigenvalue weighted by Gasteiger charge is 2.31. The van der Waals surface area contributed by atoms with Crippen LogP contribution in [0.25, 0.3) is 5.69 Å². The van der Waals surface area contributed by atoms with Gasteiger partial charge in [-0.05, 0) is 48.9 Å². The molecule has 0 radical (unpaired) electrons. The maximum absolute atomic E-state index is 13.4. The van der Waals surface area contributed by atoms with Gasteiger partial charge in [0.15, 0.2) is 9.84 Å². The fraction of sp³-hybridized carbons (Fsp3) is 0.200. The van der Waals surface area contributed by atoms with Crippen molar-refractivity contribution >= 4 is 27.6 Å². The van der Waals surface area contributed by atoms with Crippen molar-refractivity contribution in [1.82, 2.24) is 14.9 Å². The molecule has 206 valence electrons. The number of aromatic nitrogens is 1. The standard InChI is InChI=1S/C25H23F3N4O6S/c1-14-20(24(36)32(29)15(2)33)12-21(22(34)30-13-16-7-9-19(10-8-16)39(3,37)38)23(35)31(14)18-6-4-5-17(11-18)25(26,27)28/h4-12H,13,29H2,1-3H3,(H,30,34). The second-order valence-corrected chi connectivity index (χ2v) is 10.6. The van der Waals surface area contributed by atoms with Crippen molar-refractivity contribution in [3.63, 3.8) is 0 Å². The van der Waals surface area contributed by atoms with E-state index in [1.54, 1.807) is 0 Å². The van der Waals surface area contributed by atoms with Crippen LogP contribution >= 0.6 is 0 Å². The number of alkyl halides is 3. The van der Waals surface area contributed by atoms with Crippen molar-refractivity contribution in [3.05, 3.63) is 92.9 Å². The van der Waals surface area contributed by atoms with Gasteiger partial charge in [0, 0.05) is 31.1 Å². The number of halogens is 3. The molecule has 1 heterocycles. The molecule has 2 aromatic carbocycles. The number of hydrogen-bond donors (Lipinski definition) is 2. The fourth-order valence-corrected chi connectivity index (χ4v) is 4.25. The van der Waals surface area contributed by atoms with Crippen molar-refractivity contribution in [3.8, 4) is 5.69 Å². The van der Waals surface area contributed by atoms with Crippen LogP contribution in [0.15, 0.2) is 64.3 Å². The van der Waals surface area contributed by atoms with Gasteiger partial charge in [-0.2, -0.15) is 13.2 Å². The summed E-state index contributed by atoms with van der Waals surface area (Å²) < 4.78 is 64.1. The van der Waals surface area contributed by atoms with Gasteiger partial charge in [-0.25, -0.2) is 19.3 Å². The van der Waals surface area contributed by atoms with Crippen LogP contribution in [0, 0.1) is 6.92 Å². The average Bonchev–Trinajstić information content (AvgIpc) is 2.86. The number of benzene rings is 2. The Morgan fingerprint density at radius 2 is 1.64 bits per heavy atom. The molecule has 0 saturated carbocycles. The van der Waals surface area contributed by atoms with Gasteiger partial charge in [0.05, 0.1) is 16.0 Å². The van der Waals surface area contributed by atoms with E-state index in [-0.39, 0.29) is 33.4 Å². The summed E-state index contributed by atoms with van der Waals surface area (Å²) in [5.41, 5.74) is -3.04. The van der Waals surface area contributed by atoms with Crippen molar-refractivity contribution in [2.45, 2.75) is 31.5 Å². The predicted octanol–water partition coefficient (Wildman–Crippen LogP) is 2.36. The number of carbonyl (C=O) groups excluding carboxylic acids is 3. The van der Waals surface area contributed by atoms with E-state index < -0.39 is 50.4 Å². The molecule has 1 aromatic heterocycles. The van der Waals surface area contributed by atoms with Crippen molar-refractivity contribution < 1.29 is 36.0 Å². The van der Waals surface area contributed by atoms with E-state index in [2.05, 4.69) is 5.32 Å². The van der Waals surface area contributed by atoms with Gasteiger partial charge in [0.25, 0.3) is 17.4 Å². The fourth-order valence-electron chi connectivity index (χ4n) is 3.62. The molecule has 14 heteroatoms. The van der Waals surface area contributed by atoms with Crippen LogP contribution in [0.2, 0.25) is 0 Å². The Kier molecular flexibility index (Phi) is 8.12. The van der Waals surface area contributed by atoms with Crippen LogP contribution < -0.4 is 16.7 Å². The molecule has 0 spiro atoms.